The van der Waals surface area contributed by atoms with Crippen molar-refractivity contribution in [1.82, 2.24) is 0 Å². The molecule has 0 heterocycles. The van der Waals surface area contributed by atoms with Gasteiger partial charge in [-0.1, -0.05) is 25.5 Å². The molecule has 0 aliphatic heterocycles. The molecule has 0 aliphatic rings. The minimum absolute atomic E-state index is 0.560. The minimum Gasteiger partial charge on any atom is -0.399 e. The zero-order valence-corrected chi connectivity index (χ0v) is 9.81. The van der Waals surface area contributed by atoms with Crippen molar-refractivity contribution < 1.29 is 0 Å². The first-order chi connectivity index (χ1) is 6.74. The molecule has 0 fully saturated rings. The predicted molar refractivity (Wildman–Crippen MR) is 66.6 cm³/mol. The largest absolute Gasteiger partial charge is 0.399 e. The fourth-order valence-electron chi connectivity index (χ4n) is 1.31. The maximum atomic E-state index is 5.74. The van der Waals surface area contributed by atoms with Gasteiger partial charge in [0.2, 0.25) is 0 Å². The molecule has 0 saturated carbocycles. The number of unbranched alkanes of at least 4 members (excludes halogenated alkanes) is 1. The van der Waals surface area contributed by atoms with E-state index in [9.17, 15) is 0 Å². The summed E-state index contributed by atoms with van der Waals surface area (Å²) in [6.45, 7) is 4.47. The molecule has 0 spiro atoms. The molecule has 1 aromatic carbocycles. The second-order valence-corrected chi connectivity index (χ2v) is 4.99. The van der Waals surface area contributed by atoms with Gasteiger partial charge in [0, 0.05) is 10.9 Å². The van der Waals surface area contributed by atoms with Gasteiger partial charge in [-0.25, -0.2) is 0 Å². The fourth-order valence-corrected chi connectivity index (χ4v) is 2.46. The van der Waals surface area contributed by atoms with Crippen LogP contribution < -0.4 is 5.73 Å². The number of nitrogens with two attached hydrogens (primary N) is 1. The Morgan fingerprint density at radius 2 is 2.21 bits per heavy atom. The van der Waals surface area contributed by atoms with Crippen LogP contribution in [-0.4, -0.2) is 5.75 Å². The molecule has 2 N–H and O–H groups in total. The van der Waals surface area contributed by atoms with Crippen molar-refractivity contribution in [2.24, 2.45) is 0 Å². The summed E-state index contributed by atoms with van der Waals surface area (Å²) in [5.41, 5.74) is 7.95. The number of hydrogen-bond donors (Lipinski definition) is 1. The van der Waals surface area contributed by atoms with Gasteiger partial charge in [-0.15, -0.1) is 0 Å². The van der Waals surface area contributed by atoms with E-state index in [0.717, 1.165) is 5.69 Å². The van der Waals surface area contributed by atoms with E-state index in [1.165, 1.54) is 24.2 Å². The molecule has 2 heteroatoms. The average molecular weight is 209 g/mol. The standard InChI is InChI=1S/C12H19NS/c1-3-4-8-14-10(2)11-6-5-7-12(13)9-11/h5-7,9-10H,3-4,8,13H2,1-2H3. The Morgan fingerprint density at radius 3 is 2.86 bits per heavy atom. The van der Waals surface area contributed by atoms with Crippen LogP contribution in [0.25, 0.3) is 0 Å². The molecule has 1 rings (SSSR count). The number of hydrogen-bond acceptors (Lipinski definition) is 2. The summed E-state index contributed by atoms with van der Waals surface area (Å²) in [5.74, 6) is 1.24. The van der Waals surface area contributed by atoms with Crippen LogP contribution in [0.3, 0.4) is 0 Å². The second-order valence-electron chi connectivity index (χ2n) is 3.54. The highest BCUT2D eigenvalue weighted by atomic mass is 32.2. The van der Waals surface area contributed by atoms with Crippen LogP contribution in [0, 0.1) is 0 Å². The predicted octanol–water partition coefficient (Wildman–Crippen LogP) is 3.86. The molecular formula is C12H19NS. The van der Waals surface area contributed by atoms with Crippen molar-refractivity contribution in [1.29, 1.82) is 0 Å². The van der Waals surface area contributed by atoms with Gasteiger partial charge in [-0.3, -0.25) is 0 Å². The van der Waals surface area contributed by atoms with E-state index in [0.29, 0.717) is 5.25 Å². The van der Waals surface area contributed by atoms with E-state index in [4.69, 9.17) is 5.73 Å². The van der Waals surface area contributed by atoms with Crippen LogP contribution >= 0.6 is 11.8 Å². The number of anilines is 1. The maximum Gasteiger partial charge on any atom is 0.0317 e. The van der Waals surface area contributed by atoms with Gasteiger partial charge in [-0.05, 0) is 36.8 Å². The van der Waals surface area contributed by atoms with Crippen LogP contribution in [0.4, 0.5) is 5.69 Å². The minimum atomic E-state index is 0.560. The van der Waals surface area contributed by atoms with Gasteiger partial charge in [0.1, 0.15) is 0 Å². The molecule has 14 heavy (non-hydrogen) atoms. The molecule has 0 aromatic heterocycles. The number of thioether (sulfide) groups is 1. The third-order valence-corrected chi connectivity index (χ3v) is 3.54. The number of rotatable bonds is 5. The van der Waals surface area contributed by atoms with Gasteiger partial charge in [0.05, 0.1) is 0 Å². The van der Waals surface area contributed by atoms with Gasteiger partial charge in [-0.2, -0.15) is 11.8 Å². The van der Waals surface area contributed by atoms with Gasteiger partial charge in [0.15, 0.2) is 0 Å². The Balaban J connectivity index is 2.47. The molecule has 1 unspecified atom stereocenters. The topological polar surface area (TPSA) is 26.0 Å². The Kier molecular flexibility index (Phi) is 4.88. The van der Waals surface area contributed by atoms with Gasteiger partial charge in [0.25, 0.3) is 0 Å². The maximum absolute atomic E-state index is 5.74. The van der Waals surface area contributed by atoms with Gasteiger partial charge >= 0.3 is 0 Å². The molecule has 0 bridgehead atoms. The average Bonchev–Trinajstić information content (AvgIpc) is 2.18. The van der Waals surface area contributed by atoms with Crippen molar-refractivity contribution in [3.63, 3.8) is 0 Å². The molecule has 1 nitrogen and oxygen atoms in total. The lowest BCUT2D eigenvalue weighted by atomic mass is 10.1. The lowest BCUT2D eigenvalue weighted by Crippen LogP contribution is -1.92. The molecule has 78 valence electrons. The molecule has 1 aromatic rings. The van der Waals surface area contributed by atoms with Crippen molar-refractivity contribution >= 4 is 17.4 Å². The van der Waals surface area contributed by atoms with E-state index >= 15 is 0 Å². The summed E-state index contributed by atoms with van der Waals surface area (Å²) < 4.78 is 0. The zero-order valence-electron chi connectivity index (χ0n) is 8.99. The number of nitrogen functional groups attached to an aromatic ring is 1. The first-order valence-corrected chi connectivity index (χ1v) is 6.26. The Hall–Kier alpha value is -0.630. The van der Waals surface area contributed by atoms with Crippen molar-refractivity contribution in [2.75, 3.05) is 11.5 Å². The summed E-state index contributed by atoms with van der Waals surface area (Å²) in [5, 5.41) is 0.560. The molecule has 0 aliphatic carbocycles. The Labute approximate surface area is 91.1 Å². The monoisotopic (exact) mass is 209 g/mol. The summed E-state index contributed by atoms with van der Waals surface area (Å²) in [4.78, 5) is 0. The summed E-state index contributed by atoms with van der Waals surface area (Å²) in [6.07, 6.45) is 2.58. The highest BCUT2D eigenvalue weighted by Gasteiger charge is 2.04. The Bertz CT molecular complexity index is 273. The molecule has 0 saturated heterocycles. The van der Waals surface area contributed by atoms with Gasteiger partial charge < -0.3 is 5.73 Å². The SMILES string of the molecule is CCCCSC(C)c1cccc(N)c1. The third-order valence-electron chi connectivity index (χ3n) is 2.25. The normalized spacial score (nSPS) is 12.7. The van der Waals surface area contributed by atoms with Crippen molar-refractivity contribution in [3.8, 4) is 0 Å². The number of benzene rings is 1. The smallest absolute Gasteiger partial charge is 0.0317 e. The van der Waals surface area contributed by atoms with E-state index in [-0.39, 0.29) is 0 Å². The molecule has 0 amide bonds. The summed E-state index contributed by atoms with van der Waals surface area (Å²) in [6, 6.07) is 8.19. The Morgan fingerprint density at radius 1 is 1.43 bits per heavy atom. The van der Waals surface area contributed by atoms with Crippen molar-refractivity contribution in [2.45, 2.75) is 31.9 Å². The summed E-state index contributed by atoms with van der Waals surface area (Å²) in [7, 11) is 0. The molecular weight excluding hydrogens is 190 g/mol. The first kappa shape index (κ1) is 11.4. The lowest BCUT2D eigenvalue weighted by Gasteiger charge is -2.11. The summed E-state index contributed by atoms with van der Waals surface area (Å²) >= 11 is 2.01. The lowest BCUT2D eigenvalue weighted by molar-refractivity contribution is 0.892. The van der Waals surface area contributed by atoms with Crippen LogP contribution in [0.5, 0.6) is 0 Å². The highest BCUT2D eigenvalue weighted by Crippen LogP contribution is 2.29. The molecule has 1 atom stereocenters. The van der Waals surface area contributed by atoms with Crippen LogP contribution in [-0.2, 0) is 0 Å². The third kappa shape index (κ3) is 3.62. The van der Waals surface area contributed by atoms with E-state index in [1.807, 2.05) is 23.9 Å². The zero-order chi connectivity index (χ0) is 10.4. The van der Waals surface area contributed by atoms with E-state index in [2.05, 4.69) is 26.0 Å². The second kappa shape index (κ2) is 5.97. The quantitative estimate of drug-likeness (QED) is 0.588. The van der Waals surface area contributed by atoms with Crippen LogP contribution in [0.2, 0.25) is 0 Å². The van der Waals surface area contributed by atoms with E-state index in [1.54, 1.807) is 0 Å². The van der Waals surface area contributed by atoms with Crippen LogP contribution in [0.1, 0.15) is 37.5 Å². The fraction of sp³-hybridized carbons (Fsp3) is 0.500. The highest BCUT2D eigenvalue weighted by molar-refractivity contribution is 7.99. The van der Waals surface area contributed by atoms with E-state index < -0.39 is 0 Å². The molecule has 0 radical (unpaired) electrons. The van der Waals surface area contributed by atoms with Crippen LogP contribution in [0.15, 0.2) is 24.3 Å². The van der Waals surface area contributed by atoms with Crippen molar-refractivity contribution in [3.05, 3.63) is 29.8 Å². The first-order valence-electron chi connectivity index (χ1n) is 5.21.